The van der Waals surface area contributed by atoms with Crippen LogP contribution >= 0.6 is 0 Å². The predicted octanol–water partition coefficient (Wildman–Crippen LogP) is 2.44. The third-order valence-corrected chi connectivity index (χ3v) is 6.54. The average Bonchev–Trinajstić information content (AvgIpc) is 3.48. The summed E-state index contributed by atoms with van der Waals surface area (Å²) in [5, 5.41) is 12.5. The Balaban J connectivity index is 1.31. The summed E-state index contributed by atoms with van der Waals surface area (Å²) in [4.78, 5) is 33.1. The van der Waals surface area contributed by atoms with Crippen LogP contribution in [0.25, 0.3) is 0 Å². The van der Waals surface area contributed by atoms with Crippen molar-refractivity contribution >= 4 is 11.9 Å². The first kappa shape index (κ1) is 16.5. The molecule has 0 aromatic carbocycles. The van der Waals surface area contributed by atoms with E-state index in [1.54, 1.807) is 0 Å². The van der Waals surface area contributed by atoms with Gasteiger partial charge < -0.3 is 10.4 Å². The van der Waals surface area contributed by atoms with Gasteiger partial charge in [-0.25, -0.2) is 9.97 Å². The zero-order chi connectivity index (χ0) is 17.5. The molecule has 5 rings (SSSR count). The number of hydrogen-bond donors (Lipinski definition) is 2. The zero-order valence-electron chi connectivity index (χ0n) is 14.5. The molecule has 0 aliphatic heterocycles. The number of carbonyl (C=O) groups excluding carboxylic acids is 1. The van der Waals surface area contributed by atoms with Crippen molar-refractivity contribution in [2.75, 3.05) is 6.54 Å². The molecule has 4 aliphatic rings. The number of carboxylic acid groups (broad SMARTS) is 1. The van der Waals surface area contributed by atoms with E-state index in [4.69, 9.17) is 0 Å². The van der Waals surface area contributed by atoms with Crippen molar-refractivity contribution in [1.82, 2.24) is 15.3 Å². The Morgan fingerprint density at radius 2 is 1.76 bits per heavy atom. The van der Waals surface area contributed by atoms with Gasteiger partial charge in [0, 0.05) is 36.2 Å². The molecule has 1 aromatic rings. The molecule has 6 nitrogen and oxygen atoms in total. The van der Waals surface area contributed by atoms with E-state index in [1.807, 2.05) is 12.3 Å². The van der Waals surface area contributed by atoms with Gasteiger partial charge in [-0.15, -0.1) is 0 Å². The van der Waals surface area contributed by atoms with Gasteiger partial charge in [0.05, 0.1) is 5.41 Å². The van der Waals surface area contributed by atoms with E-state index in [0.29, 0.717) is 57.4 Å². The molecule has 0 atom stereocenters. The van der Waals surface area contributed by atoms with Gasteiger partial charge in [-0.2, -0.15) is 0 Å². The van der Waals surface area contributed by atoms with Crippen molar-refractivity contribution in [2.45, 2.75) is 63.7 Å². The van der Waals surface area contributed by atoms with Gasteiger partial charge in [-0.05, 0) is 57.4 Å². The molecule has 1 aromatic heterocycles. The van der Waals surface area contributed by atoms with Gasteiger partial charge in [0.25, 0.3) is 0 Å². The lowest BCUT2D eigenvalue weighted by molar-refractivity contribution is -0.163. The molecule has 2 bridgehead atoms. The van der Waals surface area contributed by atoms with Gasteiger partial charge in [0.2, 0.25) is 5.91 Å². The molecule has 1 heterocycles. The number of amides is 1. The van der Waals surface area contributed by atoms with Crippen LogP contribution in [0.1, 0.15) is 68.8 Å². The Bertz CT molecular complexity index is 674. The number of carbonyl (C=O) groups is 2. The van der Waals surface area contributed by atoms with Crippen molar-refractivity contribution in [3.8, 4) is 0 Å². The highest BCUT2D eigenvalue weighted by Gasteiger charge is 2.55. The fourth-order valence-electron chi connectivity index (χ4n) is 4.46. The van der Waals surface area contributed by atoms with Crippen molar-refractivity contribution in [3.05, 3.63) is 23.8 Å². The van der Waals surface area contributed by atoms with Gasteiger partial charge in [-0.1, -0.05) is 0 Å². The monoisotopic (exact) mass is 343 g/mol. The van der Waals surface area contributed by atoms with Gasteiger partial charge in [0.1, 0.15) is 5.82 Å². The standard InChI is InChI=1S/C19H25N3O3/c23-16(18-5-8-19(9-6-18,10-7-18)17(24)25)21-12-4-15-20-11-3-14(22-15)13-1-2-13/h3,11,13H,1-2,4-10,12H2,(H,21,23)(H,24,25). The maximum absolute atomic E-state index is 12.7. The van der Waals surface area contributed by atoms with E-state index in [1.165, 1.54) is 12.8 Å². The predicted molar refractivity (Wildman–Crippen MR) is 90.9 cm³/mol. The number of rotatable bonds is 6. The lowest BCUT2D eigenvalue weighted by atomic mass is 9.53. The lowest BCUT2D eigenvalue weighted by Crippen LogP contribution is -2.52. The fraction of sp³-hybridized carbons (Fsp3) is 0.684. The molecule has 0 saturated heterocycles. The second-order valence-corrected chi connectivity index (χ2v) is 8.04. The van der Waals surface area contributed by atoms with Crippen LogP contribution in [-0.4, -0.2) is 33.5 Å². The summed E-state index contributed by atoms with van der Waals surface area (Å²) in [5.74, 6) is 0.798. The van der Waals surface area contributed by atoms with Crippen LogP contribution in [0.3, 0.4) is 0 Å². The minimum absolute atomic E-state index is 0.0875. The van der Waals surface area contributed by atoms with Crippen LogP contribution in [0.15, 0.2) is 12.3 Å². The fourth-order valence-corrected chi connectivity index (χ4v) is 4.46. The van der Waals surface area contributed by atoms with E-state index in [2.05, 4.69) is 15.3 Å². The van der Waals surface area contributed by atoms with E-state index in [0.717, 1.165) is 11.5 Å². The Kier molecular flexibility index (Phi) is 4.01. The maximum atomic E-state index is 12.7. The summed E-state index contributed by atoms with van der Waals surface area (Å²) in [6, 6.07) is 1.98. The highest BCUT2D eigenvalue weighted by molar-refractivity contribution is 5.84. The van der Waals surface area contributed by atoms with Crippen LogP contribution in [0.4, 0.5) is 0 Å². The maximum Gasteiger partial charge on any atom is 0.309 e. The highest BCUT2D eigenvalue weighted by atomic mass is 16.4. The highest BCUT2D eigenvalue weighted by Crippen LogP contribution is 2.57. The van der Waals surface area contributed by atoms with Gasteiger partial charge in [0.15, 0.2) is 0 Å². The van der Waals surface area contributed by atoms with Crippen LogP contribution in [0.5, 0.6) is 0 Å². The van der Waals surface area contributed by atoms with Crippen LogP contribution < -0.4 is 5.32 Å². The van der Waals surface area contributed by atoms with Crippen LogP contribution in [-0.2, 0) is 16.0 Å². The number of nitrogens with zero attached hydrogens (tertiary/aromatic N) is 2. The average molecular weight is 343 g/mol. The Labute approximate surface area is 147 Å². The molecule has 134 valence electrons. The lowest BCUT2D eigenvalue weighted by Gasteiger charge is -2.50. The summed E-state index contributed by atoms with van der Waals surface area (Å²) in [5.41, 5.74) is 0.201. The minimum atomic E-state index is -0.686. The minimum Gasteiger partial charge on any atom is -0.481 e. The number of nitrogens with one attached hydrogen (secondary N) is 1. The number of aliphatic carboxylic acids is 1. The molecular formula is C19H25N3O3. The third kappa shape index (κ3) is 3.02. The Morgan fingerprint density at radius 3 is 2.36 bits per heavy atom. The molecule has 4 saturated carbocycles. The number of carboxylic acids is 1. The van der Waals surface area contributed by atoms with Crippen LogP contribution in [0.2, 0.25) is 0 Å². The topological polar surface area (TPSA) is 92.2 Å². The van der Waals surface area contributed by atoms with Gasteiger partial charge >= 0.3 is 5.97 Å². The smallest absolute Gasteiger partial charge is 0.309 e. The molecule has 0 radical (unpaired) electrons. The zero-order valence-corrected chi connectivity index (χ0v) is 14.5. The number of hydrogen-bond acceptors (Lipinski definition) is 4. The summed E-state index contributed by atoms with van der Waals surface area (Å²) in [6.45, 7) is 0.540. The van der Waals surface area contributed by atoms with E-state index in [9.17, 15) is 14.7 Å². The summed E-state index contributed by atoms with van der Waals surface area (Å²) in [7, 11) is 0. The molecule has 0 spiro atoms. The van der Waals surface area contributed by atoms with E-state index >= 15 is 0 Å². The Hall–Kier alpha value is -1.98. The molecule has 1 amide bonds. The second-order valence-electron chi connectivity index (χ2n) is 8.04. The first-order chi connectivity index (χ1) is 12.0. The Morgan fingerprint density at radius 1 is 1.12 bits per heavy atom. The summed E-state index contributed by atoms with van der Waals surface area (Å²) >= 11 is 0. The van der Waals surface area contributed by atoms with E-state index < -0.39 is 11.4 Å². The van der Waals surface area contributed by atoms with Crippen molar-refractivity contribution in [1.29, 1.82) is 0 Å². The number of fused-ring (bicyclic) bond motifs is 3. The first-order valence-corrected chi connectivity index (χ1v) is 9.37. The summed E-state index contributed by atoms with van der Waals surface area (Å²) < 4.78 is 0. The molecule has 2 N–H and O–H groups in total. The van der Waals surface area contributed by atoms with Gasteiger partial charge in [-0.3, -0.25) is 9.59 Å². The molecule has 4 aliphatic carbocycles. The van der Waals surface area contributed by atoms with Crippen molar-refractivity contribution in [2.24, 2.45) is 10.8 Å². The largest absolute Gasteiger partial charge is 0.481 e. The second kappa shape index (κ2) is 6.07. The number of aromatic nitrogens is 2. The van der Waals surface area contributed by atoms with E-state index in [-0.39, 0.29) is 11.3 Å². The van der Waals surface area contributed by atoms with Crippen LogP contribution in [0, 0.1) is 10.8 Å². The first-order valence-electron chi connectivity index (χ1n) is 9.37. The molecular weight excluding hydrogens is 318 g/mol. The van der Waals surface area contributed by atoms with Crippen molar-refractivity contribution < 1.29 is 14.7 Å². The van der Waals surface area contributed by atoms with Crippen molar-refractivity contribution in [3.63, 3.8) is 0 Å². The molecule has 6 heteroatoms. The third-order valence-electron chi connectivity index (χ3n) is 6.54. The normalized spacial score (nSPS) is 30.9. The molecule has 0 unspecified atom stereocenters. The molecule has 4 fully saturated rings. The quantitative estimate of drug-likeness (QED) is 0.828. The molecule has 25 heavy (non-hydrogen) atoms. The SMILES string of the molecule is O=C(O)C12CCC(C(=O)NCCc3nccc(C4CC4)n3)(CC1)CC2. The summed E-state index contributed by atoms with van der Waals surface area (Å²) in [6.07, 6.45) is 8.84.